The molecule has 1 aliphatic heterocycles. The van der Waals surface area contributed by atoms with Crippen LogP contribution in [0, 0.1) is 0 Å². The smallest absolute Gasteiger partial charge is 0.317 e. The first-order valence-electron chi connectivity index (χ1n) is 6.03. The van der Waals surface area contributed by atoms with Crippen LogP contribution >= 0.6 is 0 Å². The molecule has 1 rings (SSSR count). The third-order valence-electron chi connectivity index (χ3n) is 2.89. The predicted octanol–water partition coefficient (Wildman–Crippen LogP) is -0.656. The van der Waals surface area contributed by atoms with Crippen LogP contribution in [-0.4, -0.2) is 66.1 Å². The maximum atomic E-state index is 10.8. The highest BCUT2D eigenvalue weighted by Gasteiger charge is 2.14. The van der Waals surface area contributed by atoms with Crippen LogP contribution in [0.4, 0.5) is 0 Å². The molecule has 0 aromatic carbocycles. The summed E-state index contributed by atoms with van der Waals surface area (Å²) in [6.07, 6.45) is 3.38. The minimum absolute atomic E-state index is 0.0201. The van der Waals surface area contributed by atoms with Crippen LogP contribution in [0.3, 0.4) is 0 Å². The first-order valence-corrected chi connectivity index (χ1v) is 6.03. The highest BCUT2D eigenvalue weighted by Crippen LogP contribution is 2.07. The Hall–Kier alpha value is -1.14. The number of hydrogen-bond donors (Lipinski definition) is 2. The highest BCUT2D eigenvalue weighted by atomic mass is 16.4. The van der Waals surface area contributed by atoms with Crippen molar-refractivity contribution in [2.45, 2.75) is 19.3 Å². The van der Waals surface area contributed by atoms with Gasteiger partial charge in [0.15, 0.2) is 0 Å². The normalized spacial score (nSPS) is 16.5. The van der Waals surface area contributed by atoms with Gasteiger partial charge in [-0.2, -0.15) is 0 Å². The molecule has 6 heteroatoms. The highest BCUT2D eigenvalue weighted by molar-refractivity contribution is 5.77. The fourth-order valence-electron chi connectivity index (χ4n) is 2.15. The summed E-state index contributed by atoms with van der Waals surface area (Å²) in [5, 5.41) is 8.70. The van der Waals surface area contributed by atoms with E-state index >= 15 is 0 Å². The molecule has 6 nitrogen and oxygen atoms in total. The van der Waals surface area contributed by atoms with Crippen molar-refractivity contribution in [3.05, 3.63) is 0 Å². The quantitative estimate of drug-likeness (QED) is 0.591. The lowest BCUT2D eigenvalue weighted by molar-refractivity contribution is -0.138. The van der Waals surface area contributed by atoms with Gasteiger partial charge in [0, 0.05) is 6.54 Å². The maximum Gasteiger partial charge on any atom is 0.317 e. The third kappa shape index (κ3) is 6.23. The van der Waals surface area contributed by atoms with Crippen LogP contribution in [0.2, 0.25) is 0 Å². The summed E-state index contributed by atoms with van der Waals surface area (Å²) in [5.41, 5.74) is 5.08. The lowest BCUT2D eigenvalue weighted by Crippen LogP contribution is -2.38. The number of amides is 1. The minimum atomic E-state index is -0.924. The second-order valence-corrected chi connectivity index (χ2v) is 4.47. The molecular formula is C11H21N3O3. The van der Waals surface area contributed by atoms with E-state index in [2.05, 4.69) is 4.90 Å². The van der Waals surface area contributed by atoms with E-state index in [9.17, 15) is 9.59 Å². The molecule has 0 aliphatic carbocycles. The molecule has 98 valence electrons. The summed E-state index contributed by atoms with van der Waals surface area (Å²) in [4.78, 5) is 25.3. The molecule has 3 N–H and O–H groups in total. The summed E-state index contributed by atoms with van der Waals surface area (Å²) in [5.74, 6) is -1.40. The van der Waals surface area contributed by atoms with E-state index in [1.807, 2.05) is 0 Å². The number of likely N-dealkylation sites (tertiary alicyclic amines) is 1. The zero-order valence-corrected chi connectivity index (χ0v) is 10.1. The van der Waals surface area contributed by atoms with Crippen LogP contribution in [0.15, 0.2) is 0 Å². The lowest BCUT2D eigenvalue weighted by atomic mass is 10.3. The summed E-state index contributed by atoms with van der Waals surface area (Å²) >= 11 is 0. The van der Waals surface area contributed by atoms with Crippen molar-refractivity contribution in [2.75, 3.05) is 39.3 Å². The molecule has 1 aliphatic rings. The van der Waals surface area contributed by atoms with E-state index in [0.29, 0.717) is 6.54 Å². The number of carboxylic acid groups (broad SMARTS) is 1. The largest absolute Gasteiger partial charge is 0.480 e. The second-order valence-electron chi connectivity index (χ2n) is 4.47. The first kappa shape index (κ1) is 13.9. The van der Waals surface area contributed by atoms with Gasteiger partial charge in [-0.15, -0.1) is 0 Å². The monoisotopic (exact) mass is 243 g/mol. The molecular weight excluding hydrogens is 222 g/mol. The third-order valence-corrected chi connectivity index (χ3v) is 2.89. The number of rotatable bonds is 8. The number of nitrogens with zero attached hydrogens (tertiary/aromatic N) is 2. The molecule has 0 saturated carbocycles. The standard InChI is InChI=1S/C11H21N3O3/c12-10(15)8-14(9-11(16)17)7-3-6-13-4-1-2-5-13/h1-9H2,(H2,12,15)(H,16,17). The van der Waals surface area contributed by atoms with Crippen LogP contribution in [0.25, 0.3) is 0 Å². The Kier molecular flexibility index (Phi) is 5.93. The zero-order valence-electron chi connectivity index (χ0n) is 10.1. The molecule has 0 aromatic rings. The van der Waals surface area contributed by atoms with Gasteiger partial charge < -0.3 is 15.7 Å². The van der Waals surface area contributed by atoms with Crippen molar-refractivity contribution in [3.63, 3.8) is 0 Å². The van der Waals surface area contributed by atoms with Crippen LogP contribution in [0.1, 0.15) is 19.3 Å². The molecule has 1 saturated heterocycles. The molecule has 1 fully saturated rings. The Morgan fingerprint density at radius 3 is 2.41 bits per heavy atom. The molecule has 0 atom stereocenters. The Morgan fingerprint density at radius 1 is 1.24 bits per heavy atom. The second kappa shape index (κ2) is 7.24. The molecule has 1 amide bonds. The molecule has 0 bridgehead atoms. The first-order chi connectivity index (χ1) is 8.08. The van der Waals surface area contributed by atoms with Gasteiger partial charge in [0.1, 0.15) is 0 Å². The SMILES string of the molecule is NC(=O)CN(CCCN1CCCC1)CC(=O)O. The van der Waals surface area contributed by atoms with Crippen molar-refractivity contribution >= 4 is 11.9 Å². The van der Waals surface area contributed by atoms with Crippen LogP contribution in [-0.2, 0) is 9.59 Å². The van der Waals surface area contributed by atoms with Crippen molar-refractivity contribution in [1.82, 2.24) is 9.80 Å². The van der Waals surface area contributed by atoms with Crippen molar-refractivity contribution < 1.29 is 14.7 Å². The van der Waals surface area contributed by atoms with Gasteiger partial charge in [0.2, 0.25) is 5.91 Å². The van der Waals surface area contributed by atoms with Crippen molar-refractivity contribution in [3.8, 4) is 0 Å². The van der Waals surface area contributed by atoms with Crippen molar-refractivity contribution in [1.29, 1.82) is 0 Å². The Balaban J connectivity index is 2.21. The molecule has 0 radical (unpaired) electrons. The predicted molar refractivity (Wildman–Crippen MR) is 63.6 cm³/mol. The summed E-state index contributed by atoms with van der Waals surface area (Å²) in [7, 11) is 0. The van der Waals surface area contributed by atoms with Gasteiger partial charge in [0.05, 0.1) is 13.1 Å². The topological polar surface area (TPSA) is 86.9 Å². The van der Waals surface area contributed by atoms with Gasteiger partial charge >= 0.3 is 5.97 Å². The zero-order chi connectivity index (χ0) is 12.7. The molecule has 0 unspecified atom stereocenters. The average molecular weight is 243 g/mol. The fourth-order valence-corrected chi connectivity index (χ4v) is 2.15. The summed E-state index contributed by atoms with van der Waals surface area (Å²) < 4.78 is 0. The van der Waals surface area contributed by atoms with Gasteiger partial charge in [-0.3, -0.25) is 14.5 Å². The lowest BCUT2D eigenvalue weighted by Gasteiger charge is -2.20. The number of carboxylic acids is 1. The fraction of sp³-hybridized carbons (Fsp3) is 0.818. The summed E-state index contributed by atoms with van der Waals surface area (Å²) in [6, 6.07) is 0. The van der Waals surface area contributed by atoms with Gasteiger partial charge in [-0.05, 0) is 38.9 Å². The maximum absolute atomic E-state index is 10.8. The van der Waals surface area contributed by atoms with E-state index in [-0.39, 0.29) is 13.1 Å². The van der Waals surface area contributed by atoms with E-state index in [0.717, 1.165) is 26.1 Å². The Bertz CT molecular complexity index is 249. The minimum Gasteiger partial charge on any atom is -0.480 e. The number of carbonyl (C=O) groups is 2. The average Bonchev–Trinajstić information content (AvgIpc) is 2.68. The Morgan fingerprint density at radius 2 is 1.88 bits per heavy atom. The molecule has 1 heterocycles. The van der Waals surface area contributed by atoms with Crippen molar-refractivity contribution in [2.24, 2.45) is 5.73 Å². The molecule has 17 heavy (non-hydrogen) atoms. The van der Waals surface area contributed by atoms with Gasteiger partial charge in [-0.25, -0.2) is 0 Å². The number of nitrogens with two attached hydrogens (primary N) is 1. The van der Waals surface area contributed by atoms with E-state index in [1.165, 1.54) is 12.8 Å². The number of aliphatic carboxylic acids is 1. The van der Waals surface area contributed by atoms with E-state index < -0.39 is 11.9 Å². The number of hydrogen-bond acceptors (Lipinski definition) is 4. The summed E-state index contributed by atoms with van der Waals surface area (Å²) in [6.45, 7) is 3.74. The Labute approximate surface area is 101 Å². The van der Waals surface area contributed by atoms with Gasteiger partial charge in [-0.1, -0.05) is 0 Å². The molecule has 0 aromatic heterocycles. The van der Waals surface area contributed by atoms with E-state index in [1.54, 1.807) is 4.90 Å². The number of primary amides is 1. The van der Waals surface area contributed by atoms with E-state index in [4.69, 9.17) is 10.8 Å². The number of carbonyl (C=O) groups excluding carboxylic acids is 1. The van der Waals surface area contributed by atoms with Crippen LogP contribution in [0.5, 0.6) is 0 Å². The van der Waals surface area contributed by atoms with Crippen LogP contribution < -0.4 is 5.73 Å². The molecule has 0 spiro atoms. The van der Waals surface area contributed by atoms with Gasteiger partial charge in [0.25, 0.3) is 0 Å².